The van der Waals surface area contributed by atoms with E-state index in [1.54, 1.807) is 36.4 Å². The molecular weight excluding hydrogens is 366 g/mol. The number of hydrogen-bond donors (Lipinski definition) is 1. The average molecular weight is 389 g/mol. The quantitative estimate of drug-likeness (QED) is 0.657. The molecule has 0 aliphatic rings. The third kappa shape index (κ3) is 5.29. The van der Waals surface area contributed by atoms with Crippen LogP contribution in [0, 0.1) is 0 Å². The van der Waals surface area contributed by atoms with Gasteiger partial charge >= 0.3 is 5.97 Å². The molecule has 2 aromatic rings. The summed E-state index contributed by atoms with van der Waals surface area (Å²) in [6, 6.07) is 9.86. The second-order valence-corrected chi connectivity index (χ2v) is 5.61. The van der Waals surface area contributed by atoms with Crippen LogP contribution in [0.2, 0.25) is 0 Å². The molecule has 0 aliphatic carbocycles. The van der Waals surface area contributed by atoms with Gasteiger partial charge in [-0.2, -0.15) is 0 Å². The van der Waals surface area contributed by atoms with Gasteiger partial charge in [0.15, 0.2) is 18.1 Å². The lowest BCUT2D eigenvalue weighted by atomic mass is 10.1. The molecule has 0 spiro atoms. The molecule has 2 aromatic carbocycles. The third-order valence-electron chi connectivity index (χ3n) is 3.87. The van der Waals surface area contributed by atoms with Crippen LogP contribution in [-0.4, -0.2) is 46.9 Å². The fourth-order valence-electron chi connectivity index (χ4n) is 2.43. The first-order valence-electron chi connectivity index (χ1n) is 8.39. The second-order valence-electron chi connectivity index (χ2n) is 5.61. The zero-order valence-electron chi connectivity index (χ0n) is 16.2. The van der Waals surface area contributed by atoms with Crippen molar-refractivity contribution in [1.82, 2.24) is 5.32 Å². The van der Waals surface area contributed by atoms with E-state index in [9.17, 15) is 9.59 Å². The Morgan fingerprint density at radius 1 is 0.857 bits per heavy atom. The lowest BCUT2D eigenvalue weighted by molar-refractivity contribution is -0.124. The SMILES string of the molecule is COc1ccc(C(=O)OCC(=O)NCc2cc(OC)c(OC)c(OC)c2)cc1. The number of rotatable bonds is 9. The van der Waals surface area contributed by atoms with Gasteiger partial charge in [0.05, 0.1) is 34.0 Å². The van der Waals surface area contributed by atoms with E-state index in [-0.39, 0.29) is 6.54 Å². The van der Waals surface area contributed by atoms with Crippen molar-refractivity contribution in [2.45, 2.75) is 6.54 Å². The molecule has 0 saturated carbocycles. The number of hydrogen-bond acceptors (Lipinski definition) is 7. The van der Waals surface area contributed by atoms with E-state index in [1.807, 2.05) is 0 Å². The number of ether oxygens (including phenoxy) is 5. The molecule has 0 aromatic heterocycles. The van der Waals surface area contributed by atoms with Crippen molar-refractivity contribution in [3.63, 3.8) is 0 Å². The van der Waals surface area contributed by atoms with Crippen molar-refractivity contribution in [2.75, 3.05) is 35.0 Å². The monoisotopic (exact) mass is 389 g/mol. The topological polar surface area (TPSA) is 92.3 Å². The molecule has 1 amide bonds. The van der Waals surface area contributed by atoms with Crippen molar-refractivity contribution in [2.24, 2.45) is 0 Å². The van der Waals surface area contributed by atoms with Gasteiger partial charge in [-0.1, -0.05) is 0 Å². The van der Waals surface area contributed by atoms with Crippen molar-refractivity contribution < 1.29 is 33.3 Å². The highest BCUT2D eigenvalue weighted by molar-refractivity contribution is 5.91. The molecule has 0 bridgehead atoms. The first kappa shape index (κ1) is 20.9. The summed E-state index contributed by atoms with van der Waals surface area (Å²) in [5.41, 5.74) is 1.07. The highest BCUT2D eigenvalue weighted by atomic mass is 16.5. The normalized spacial score (nSPS) is 10.0. The van der Waals surface area contributed by atoms with Crippen LogP contribution in [-0.2, 0) is 16.1 Å². The van der Waals surface area contributed by atoms with E-state index < -0.39 is 18.5 Å². The fraction of sp³-hybridized carbons (Fsp3) is 0.300. The lowest BCUT2D eigenvalue weighted by Crippen LogP contribution is -2.28. The van der Waals surface area contributed by atoms with Gasteiger partial charge in [0.25, 0.3) is 5.91 Å². The summed E-state index contributed by atoms with van der Waals surface area (Å²) in [7, 11) is 6.07. The molecule has 0 unspecified atom stereocenters. The minimum Gasteiger partial charge on any atom is -0.497 e. The Bertz CT molecular complexity index is 793. The van der Waals surface area contributed by atoms with Crippen LogP contribution in [0.3, 0.4) is 0 Å². The average Bonchev–Trinajstić information content (AvgIpc) is 2.74. The summed E-state index contributed by atoms with van der Waals surface area (Å²) in [4.78, 5) is 24.0. The number of benzene rings is 2. The van der Waals surface area contributed by atoms with Crippen LogP contribution in [0.4, 0.5) is 0 Å². The minimum absolute atomic E-state index is 0.204. The van der Waals surface area contributed by atoms with Crippen molar-refractivity contribution in [3.8, 4) is 23.0 Å². The molecule has 0 radical (unpaired) electrons. The van der Waals surface area contributed by atoms with E-state index in [0.29, 0.717) is 28.6 Å². The Labute approximate surface area is 163 Å². The Balaban J connectivity index is 1.90. The van der Waals surface area contributed by atoms with Gasteiger partial charge in [0, 0.05) is 6.54 Å². The van der Waals surface area contributed by atoms with Gasteiger partial charge in [-0.15, -0.1) is 0 Å². The van der Waals surface area contributed by atoms with Gasteiger partial charge in [-0.3, -0.25) is 4.79 Å². The number of amides is 1. The molecule has 0 saturated heterocycles. The summed E-state index contributed by atoms with van der Waals surface area (Å²) in [6.07, 6.45) is 0. The van der Waals surface area contributed by atoms with E-state index >= 15 is 0 Å². The molecule has 0 atom stereocenters. The highest BCUT2D eigenvalue weighted by Gasteiger charge is 2.14. The van der Waals surface area contributed by atoms with E-state index in [1.165, 1.54) is 28.4 Å². The molecule has 0 heterocycles. The zero-order chi connectivity index (χ0) is 20.5. The fourth-order valence-corrected chi connectivity index (χ4v) is 2.43. The number of nitrogens with one attached hydrogen (secondary N) is 1. The standard InChI is InChI=1S/C20H23NO7/c1-24-15-7-5-14(6-8-15)20(23)28-12-18(22)21-11-13-9-16(25-2)19(27-4)17(10-13)26-3/h5-10H,11-12H2,1-4H3,(H,21,22). The van der Waals surface area contributed by atoms with Crippen LogP contribution < -0.4 is 24.3 Å². The Morgan fingerprint density at radius 3 is 1.96 bits per heavy atom. The van der Waals surface area contributed by atoms with Crippen LogP contribution in [0.1, 0.15) is 15.9 Å². The summed E-state index contributed by atoms with van der Waals surface area (Å²) in [6.45, 7) is -0.190. The van der Waals surface area contributed by atoms with Gasteiger partial charge < -0.3 is 29.0 Å². The van der Waals surface area contributed by atoms with Gasteiger partial charge in [0.1, 0.15) is 5.75 Å². The number of methoxy groups -OCH3 is 4. The van der Waals surface area contributed by atoms with Gasteiger partial charge in [0.2, 0.25) is 5.75 Å². The first-order chi connectivity index (χ1) is 13.5. The Kier molecular flexibility index (Phi) is 7.50. The molecule has 2 rings (SSSR count). The van der Waals surface area contributed by atoms with Crippen LogP contribution in [0.15, 0.2) is 36.4 Å². The van der Waals surface area contributed by atoms with Crippen LogP contribution in [0.5, 0.6) is 23.0 Å². The number of carbonyl (C=O) groups is 2. The lowest BCUT2D eigenvalue weighted by Gasteiger charge is -2.14. The molecular formula is C20H23NO7. The van der Waals surface area contributed by atoms with Crippen molar-refractivity contribution in [1.29, 1.82) is 0 Å². The molecule has 1 N–H and O–H groups in total. The highest BCUT2D eigenvalue weighted by Crippen LogP contribution is 2.38. The number of carbonyl (C=O) groups excluding carboxylic acids is 2. The molecule has 8 nitrogen and oxygen atoms in total. The summed E-state index contributed by atoms with van der Waals surface area (Å²) < 4.78 is 25.9. The molecule has 8 heteroatoms. The number of esters is 1. The molecule has 150 valence electrons. The zero-order valence-corrected chi connectivity index (χ0v) is 16.2. The maximum Gasteiger partial charge on any atom is 0.338 e. The van der Waals surface area contributed by atoms with Crippen molar-refractivity contribution in [3.05, 3.63) is 47.5 Å². The Morgan fingerprint density at radius 2 is 1.46 bits per heavy atom. The van der Waals surface area contributed by atoms with E-state index in [0.717, 1.165) is 5.56 Å². The molecule has 28 heavy (non-hydrogen) atoms. The molecule has 0 aliphatic heterocycles. The molecule has 0 fully saturated rings. The maximum absolute atomic E-state index is 12.0. The first-order valence-corrected chi connectivity index (χ1v) is 8.39. The summed E-state index contributed by atoms with van der Waals surface area (Å²) >= 11 is 0. The third-order valence-corrected chi connectivity index (χ3v) is 3.87. The van der Waals surface area contributed by atoms with Crippen LogP contribution >= 0.6 is 0 Å². The second kappa shape index (κ2) is 10.1. The van der Waals surface area contributed by atoms with Gasteiger partial charge in [-0.25, -0.2) is 4.79 Å². The maximum atomic E-state index is 12.0. The smallest absolute Gasteiger partial charge is 0.338 e. The minimum atomic E-state index is -0.592. The van der Waals surface area contributed by atoms with Gasteiger partial charge in [-0.05, 0) is 42.0 Å². The summed E-state index contributed by atoms with van der Waals surface area (Å²) in [5, 5.41) is 2.68. The Hall–Kier alpha value is -3.42. The van der Waals surface area contributed by atoms with Crippen LogP contribution in [0.25, 0.3) is 0 Å². The van der Waals surface area contributed by atoms with E-state index in [2.05, 4.69) is 5.32 Å². The van der Waals surface area contributed by atoms with E-state index in [4.69, 9.17) is 23.7 Å². The largest absolute Gasteiger partial charge is 0.497 e. The predicted octanol–water partition coefficient (Wildman–Crippen LogP) is 2.19. The van der Waals surface area contributed by atoms with Crippen molar-refractivity contribution >= 4 is 11.9 Å². The predicted molar refractivity (Wildman–Crippen MR) is 101 cm³/mol. The summed E-state index contributed by atoms with van der Waals surface area (Å²) in [5.74, 6) is 1.03.